The van der Waals surface area contributed by atoms with Gasteiger partial charge in [0.1, 0.15) is 16.0 Å². The second-order valence-electron chi connectivity index (χ2n) is 5.52. The second-order valence-corrected chi connectivity index (χ2v) is 8.13. The second kappa shape index (κ2) is 5.37. The molecule has 2 saturated carbocycles. The van der Waals surface area contributed by atoms with Gasteiger partial charge in [0.15, 0.2) is 10.1 Å². The summed E-state index contributed by atoms with van der Waals surface area (Å²) in [6, 6.07) is 0. The van der Waals surface area contributed by atoms with Crippen molar-refractivity contribution in [3.63, 3.8) is 0 Å². The number of esters is 1. The summed E-state index contributed by atoms with van der Waals surface area (Å²) >= 11 is 6.84. The van der Waals surface area contributed by atoms with Gasteiger partial charge < -0.3 is 19.3 Å². The molecule has 0 saturated heterocycles. The number of hydrogen-bond acceptors (Lipinski definition) is 6. The van der Waals surface area contributed by atoms with E-state index in [0.29, 0.717) is 0 Å². The Morgan fingerprint density at radius 1 is 1.45 bits per heavy atom. The summed E-state index contributed by atoms with van der Waals surface area (Å²) < 4.78 is 13.5. The van der Waals surface area contributed by atoms with Gasteiger partial charge in [-0.05, 0) is 0 Å². The number of hydrogen-bond donors (Lipinski definition) is 1. The minimum Gasteiger partial charge on any atom is -0.460 e. The number of rotatable bonds is 5. The van der Waals surface area contributed by atoms with Gasteiger partial charge in [-0.3, -0.25) is 9.59 Å². The van der Waals surface area contributed by atoms with E-state index in [1.165, 1.54) is 27.2 Å². The highest BCUT2D eigenvalue weighted by molar-refractivity contribution is 9.11. The molecule has 8 heteroatoms. The average molecular weight is 442 g/mol. The molecule has 2 bridgehead atoms. The van der Waals surface area contributed by atoms with Crippen LogP contribution < -0.4 is 0 Å². The molecule has 0 heterocycles. The fourth-order valence-electron chi connectivity index (χ4n) is 3.74. The van der Waals surface area contributed by atoms with Crippen LogP contribution in [0, 0.1) is 0 Å². The third kappa shape index (κ3) is 1.70. The quantitative estimate of drug-likeness (QED) is 0.301. The predicted octanol–water partition coefficient (Wildman–Crippen LogP) is 1.47. The Labute approximate surface area is 145 Å². The topological polar surface area (TPSA) is 82.1 Å². The summed E-state index contributed by atoms with van der Waals surface area (Å²) in [5.41, 5.74) is -1.80. The molecule has 2 aliphatic carbocycles. The van der Waals surface area contributed by atoms with Gasteiger partial charge in [-0.1, -0.05) is 37.9 Å². The van der Waals surface area contributed by atoms with E-state index in [4.69, 9.17) is 14.2 Å². The van der Waals surface area contributed by atoms with Gasteiger partial charge in [0.2, 0.25) is 5.79 Å². The molecule has 2 rings (SSSR count). The van der Waals surface area contributed by atoms with Crippen LogP contribution in [0.1, 0.15) is 19.8 Å². The Kier molecular flexibility index (Phi) is 4.41. The van der Waals surface area contributed by atoms with Crippen molar-refractivity contribution >= 4 is 43.6 Å². The Morgan fingerprint density at radius 3 is 2.41 bits per heavy atom. The van der Waals surface area contributed by atoms with Crippen molar-refractivity contribution in [2.75, 3.05) is 14.2 Å². The van der Waals surface area contributed by atoms with Crippen molar-refractivity contribution < 1.29 is 28.9 Å². The van der Waals surface area contributed by atoms with E-state index in [0.717, 1.165) is 0 Å². The number of carbonyl (C=O) groups is 2. The van der Waals surface area contributed by atoms with Gasteiger partial charge in [-0.15, -0.1) is 6.58 Å². The van der Waals surface area contributed by atoms with Crippen molar-refractivity contribution in [2.45, 2.75) is 45.9 Å². The molecule has 2 aliphatic rings. The lowest BCUT2D eigenvalue weighted by Crippen LogP contribution is -2.59. The standard InChI is InChI=1S/C14H18Br2O6/c1-5-6-11(19)10(18)13(16)9(22-8(2)17)7-12(11,15)14(13,20-3)21-4/h5,9,19H,1,6-7H2,2-4H3/t9-,11-,12+,13-/m1/s1. The zero-order valence-electron chi connectivity index (χ0n) is 12.5. The van der Waals surface area contributed by atoms with Crippen LogP contribution in [0.15, 0.2) is 12.7 Å². The Hall–Kier alpha value is -0.280. The molecule has 2 fully saturated rings. The summed E-state index contributed by atoms with van der Waals surface area (Å²) in [5.74, 6) is -2.65. The minimum atomic E-state index is -1.80. The lowest BCUT2D eigenvalue weighted by molar-refractivity contribution is -0.227. The molecular weight excluding hydrogens is 424 g/mol. The van der Waals surface area contributed by atoms with Crippen LogP contribution in [0.25, 0.3) is 0 Å². The smallest absolute Gasteiger partial charge is 0.302 e. The van der Waals surface area contributed by atoms with E-state index in [1.54, 1.807) is 0 Å². The van der Waals surface area contributed by atoms with Crippen LogP contribution in [0.5, 0.6) is 0 Å². The summed E-state index contributed by atoms with van der Waals surface area (Å²) in [7, 11) is 2.75. The molecule has 0 unspecified atom stereocenters. The molecular formula is C14H18Br2O6. The molecule has 0 aliphatic heterocycles. The van der Waals surface area contributed by atoms with Crippen LogP contribution in [-0.2, 0) is 23.8 Å². The number of Topliss-reactive ketones (excluding diaryl/α,β-unsaturated/α-hetero) is 1. The third-order valence-corrected chi connectivity index (χ3v) is 7.49. The van der Waals surface area contributed by atoms with Crippen molar-refractivity contribution in [3.8, 4) is 0 Å². The summed E-state index contributed by atoms with van der Waals surface area (Å²) in [6.07, 6.45) is 0.748. The van der Waals surface area contributed by atoms with Crippen molar-refractivity contribution in [1.82, 2.24) is 0 Å². The number of methoxy groups -OCH3 is 2. The summed E-state index contributed by atoms with van der Waals surface area (Å²) in [5, 5.41) is 11.0. The number of halogens is 2. The lowest BCUT2D eigenvalue weighted by atomic mass is 9.79. The fourth-order valence-corrected chi connectivity index (χ4v) is 6.52. The Bertz CT molecular complexity index is 533. The number of carbonyl (C=O) groups excluding carboxylic acids is 2. The van der Waals surface area contributed by atoms with Gasteiger partial charge in [0.25, 0.3) is 0 Å². The minimum absolute atomic E-state index is 0.00565. The highest BCUT2D eigenvalue weighted by Crippen LogP contribution is 2.70. The fraction of sp³-hybridized carbons (Fsp3) is 0.714. The number of aliphatic hydroxyl groups is 1. The molecule has 1 N–H and O–H groups in total. The average Bonchev–Trinajstić information content (AvgIpc) is 2.69. The van der Waals surface area contributed by atoms with Crippen molar-refractivity contribution in [1.29, 1.82) is 0 Å². The third-order valence-electron chi connectivity index (χ3n) is 4.60. The SMILES string of the molecule is C=CC[C@@]1(O)C(=O)[C@]2(Br)[C@H](OC(C)=O)C[C@@]1(Br)C2(OC)OC. The van der Waals surface area contributed by atoms with Crippen LogP contribution in [0.4, 0.5) is 0 Å². The van der Waals surface area contributed by atoms with Crippen molar-refractivity contribution in [2.24, 2.45) is 0 Å². The lowest BCUT2D eigenvalue weighted by Gasteiger charge is -2.42. The molecule has 4 atom stereocenters. The molecule has 0 aromatic rings. The number of fused-ring (bicyclic) bond motifs is 2. The zero-order valence-corrected chi connectivity index (χ0v) is 15.7. The van der Waals surface area contributed by atoms with Crippen molar-refractivity contribution in [3.05, 3.63) is 12.7 Å². The van der Waals surface area contributed by atoms with Gasteiger partial charge in [0, 0.05) is 34.0 Å². The van der Waals surface area contributed by atoms with Crippen LogP contribution >= 0.6 is 31.9 Å². The van der Waals surface area contributed by atoms with E-state index < -0.39 is 37.9 Å². The van der Waals surface area contributed by atoms with Gasteiger partial charge in [-0.2, -0.15) is 0 Å². The zero-order chi connectivity index (χ0) is 17.0. The van der Waals surface area contributed by atoms with Gasteiger partial charge in [0.05, 0.1) is 0 Å². The molecule has 0 aromatic carbocycles. The van der Waals surface area contributed by atoms with Gasteiger partial charge >= 0.3 is 5.97 Å². The van der Waals surface area contributed by atoms with E-state index in [2.05, 4.69) is 38.4 Å². The van der Waals surface area contributed by atoms with Gasteiger partial charge in [-0.25, -0.2) is 0 Å². The molecule has 22 heavy (non-hydrogen) atoms. The molecule has 124 valence electrons. The molecule has 0 spiro atoms. The number of alkyl halides is 2. The maximum atomic E-state index is 13.0. The van der Waals surface area contributed by atoms with E-state index in [1.807, 2.05) is 0 Å². The van der Waals surface area contributed by atoms with E-state index in [-0.39, 0.29) is 12.8 Å². The molecule has 0 amide bonds. The summed E-state index contributed by atoms with van der Waals surface area (Å²) in [4.78, 5) is 24.4. The maximum absolute atomic E-state index is 13.0. The maximum Gasteiger partial charge on any atom is 0.302 e. The molecule has 6 nitrogen and oxygen atoms in total. The highest BCUT2D eigenvalue weighted by Gasteiger charge is 2.90. The Balaban J connectivity index is 2.69. The first-order valence-electron chi connectivity index (χ1n) is 6.64. The first kappa shape index (κ1) is 18.1. The van der Waals surface area contributed by atoms with E-state index in [9.17, 15) is 14.7 Å². The molecule has 0 radical (unpaired) electrons. The largest absolute Gasteiger partial charge is 0.460 e. The monoisotopic (exact) mass is 440 g/mol. The first-order valence-corrected chi connectivity index (χ1v) is 8.23. The highest BCUT2D eigenvalue weighted by atomic mass is 79.9. The Morgan fingerprint density at radius 2 is 2.00 bits per heavy atom. The van der Waals surface area contributed by atoms with E-state index >= 15 is 0 Å². The number of ketones is 1. The normalized spacial score (nSPS) is 42.5. The van der Waals surface area contributed by atoms with Crippen LogP contribution in [0.2, 0.25) is 0 Å². The number of ether oxygens (including phenoxy) is 3. The first-order chi connectivity index (χ1) is 10.1. The molecule has 0 aromatic heterocycles. The van der Waals surface area contributed by atoms with Crippen LogP contribution in [0.3, 0.4) is 0 Å². The summed E-state index contributed by atoms with van der Waals surface area (Å²) in [6.45, 7) is 4.85. The predicted molar refractivity (Wildman–Crippen MR) is 85.0 cm³/mol. The van der Waals surface area contributed by atoms with Crippen LogP contribution in [-0.4, -0.2) is 57.2 Å².